The van der Waals surface area contributed by atoms with E-state index in [-0.39, 0.29) is 24.9 Å². The number of hydrogen-bond donors (Lipinski definition) is 1. The van der Waals surface area contributed by atoms with E-state index in [1.165, 1.54) is 12.1 Å². The minimum absolute atomic E-state index is 0.00389. The maximum Gasteiger partial charge on any atom is 0.265 e. The summed E-state index contributed by atoms with van der Waals surface area (Å²) in [6.45, 7) is 0.554. The first-order valence-corrected chi connectivity index (χ1v) is 6.68. The van der Waals surface area contributed by atoms with E-state index < -0.39 is 0 Å². The second-order valence-electron chi connectivity index (χ2n) is 4.91. The van der Waals surface area contributed by atoms with Crippen molar-refractivity contribution in [3.63, 3.8) is 0 Å². The van der Waals surface area contributed by atoms with Crippen LogP contribution >= 0.6 is 0 Å². The van der Waals surface area contributed by atoms with Crippen LogP contribution in [0.25, 0.3) is 0 Å². The lowest BCUT2D eigenvalue weighted by Gasteiger charge is -2.29. The van der Waals surface area contributed by atoms with Crippen LogP contribution in [0, 0.1) is 5.82 Å². The summed E-state index contributed by atoms with van der Waals surface area (Å²) in [5.74, 6) is 0.168. The first-order valence-electron chi connectivity index (χ1n) is 6.68. The number of nitrogens with two attached hydrogens (primary N) is 1. The Kier molecular flexibility index (Phi) is 3.58. The van der Waals surface area contributed by atoms with E-state index >= 15 is 0 Å². The van der Waals surface area contributed by atoms with Crippen molar-refractivity contribution < 1.29 is 13.9 Å². The summed E-state index contributed by atoms with van der Waals surface area (Å²) in [7, 11) is 0. The van der Waals surface area contributed by atoms with Gasteiger partial charge in [-0.1, -0.05) is 18.2 Å². The number of hydrogen-bond acceptors (Lipinski definition) is 3. The monoisotopic (exact) mass is 286 g/mol. The molecule has 0 bridgehead atoms. The van der Waals surface area contributed by atoms with E-state index in [2.05, 4.69) is 0 Å². The summed E-state index contributed by atoms with van der Waals surface area (Å²) in [6, 6.07) is 11.9. The van der Waals surface area contributed by atoms with Gasteiger partial charge in [-0.3, -0.25) is 4.79 Å². The molecule has 0 saturated heterocycles. The van der Waals surface area contributed by atoms with Crippen LogP contribution in [0.1, 0.15) is 11.1 Å². The molecule has 108 valence electrons. The predicted octanol–water partition coefficient (Wildman–Crippen LogP) is 2.21. The van der Waals surface area contributed by atoms with Crippen LogP contribution < -0.4 is 15.4 Å². The van der Waals surface area contributed by atoms with E-state index in [1.54, 1.807) is 4.90 Å². The third-order valence-corrected chi connectivity index (χ3v) is 3.40. The summed E-state index contributed by atoms with van der Waals surface area (Å²) in [6.07, 6.45) is 0. The SMILES string of the molecule is NCc1cc(F)cc(CN2C(=O)COc3ccccc32)c1. The van der Waals surface area contributed by atoms with Crippen LogP contribution in [-0.4, -0.2) is 12.5 Å². The molecule has 4 nitrogen and oxygen atoms in total. The van der Waals surface area contributed by atoms with Gasteiger partial charge in [0.25, 0.3) is 5.91 Å². The van der Waals surface area contributed by atoms with Crippen LogP contribution in [0.4, 0.5) is 10.1 Å². The van der Waals surface area contributed by atoms with Crippen LogP contribution in [0.15, 0.2) is 42.5 Å². The molecule has 3 rings (SSSR count). The van der Waals surface area contributed by atoms with Crippen LogP contribution in [0.5, 0.6) is 5.75 Å². The molecule has 21 heavy (non-hydrogen) atoms. The van der Waals surface area contributed by atoms with Crippen molar-refractivity contribution in [2.45, 2.75) is 13.1 Å². The maximum absolute atomic E-state index is 13.6. The van der Waals surface area contributed by atoms with Gasteiger partial charge in [0.1, 0.15) is 11.6 Å². The highest BCUT2D eigenvalue weighted by Gasteiger charge is 2.25. The first kappa shape index (κ1) is 13.6. The second kappa shape index (κ2) is 5.54. The Balaban J connectivity index is 1.94. The lowest BCUT2D eigenvalue weighted by atomic mass is 10.1. The number of carbonyl (C=O) groups is 1. The van der Waals surface area contributed by atoms with Gasteiger partial charge in [0.15, 0.2) is 6.61 Å². The lowest BCUT2D eigenvalue weighted by molar-refractivity contribution is -0.121. The van der Waals surface area contributed by atoms with Crippen molar-refractivity contribution in [1.29, 1.82) is 0 Å². The van der Waals surface area contributed by atoms with E-state index in [1.807, 2.05) is 30.3 Å². The average molecular weight is 286 g/mol. The molecule has 0 unspecified atom stereocenters. The minimum atomic E-state index is -0.345. The third kappa shape index (κ3) is 2.73. The summed E-state index contributed by atoms with van der Waals surface area (Å²) in [5.41, 5.74) is 7.67. The molecule has 5 heteroatoms. The summed E-state index contributed by atoms with van der Waals surface area (Å²) < 4.78 is 19.0. The number of anilines is 1. The van der Waals surface area contributed by atoms with Crippen molar-refractivity contribution in [3.8, 4) is 5.75 Å². The van der Waals surface area contributed by atoms with Gasteiger partial charge in [0.2, 0.25) is 0 Å². The molecule has 2 aromatic carbocycles. The number of amides is 1. The molecule has 0 aliphatic carbocycles. The van der Waals surface area contributed by atoms with Gasteiger partial charge in [-0.25, -0.2) is 4.39 Å². The van der Waals surface area contributed by atoms with E-state index in [4.69, 9.17) is 10.5 Å². The summed E-state index contributed by atoms with van der Waals surface area (Å²) >= 11 is 0. The minimum Gasteiger partial charge on any atom is -0.482 e. The van der Waals surface area contributed by atoms with Crippen LogP contribution in [-0.2, 0) is 17.9 Å². The van der Waals surface area contributed by atoms with E-state index in [0.717, 1.165) is 0 Å². The Morgan fingerprint density at radius 1 is 1.19 bits per heavy atom. The zero-order valence-corrected chi connectivity index (χ0v) is 11.4. The van der Waals surface area contributed by atoms with Gasteiger partial charge in [-0.15, -0.1) is 0 Å². The Labute approximate surface area is 121 Å². The highest BCUT2D eigenvalue weighted by Crippen LogP contribution is 2.32. The Hall–Kier alpha value is -2.40. The summed E-state index contributed by atoms with van der Waals surface area (Å²) in [4.78, 5) is 13.7. The highest BCUT2D eigenvalue weighted by atomic mass is 19.1. The molecule has 1 heterocycles. The highest BCUT2D eigenvalue weighted by molar-refractivity contribution is 5.97. The average Bonchev–Trinajstić information content (AvgIpc) is 2.49. The van der Waals surface area contributed by atoms with Gasteiger partial charge >= 0.3 is 0 Å². The van der Waals surface area contributed by atoms with Crippen molar-refractivity contribution in [3.05, 3.63) is 59.4 Å². The predicted molar refractivity (Wildman–Crippen MR) is 77.4 cm³/mol. The van der Waals surface area contributed by atoms with Crippen molar-refractivity contribution in [2.24, 2.45) is 5.73 Å². The van der Waals surface area contributed by atoms with Gasteiger partial charge in [0, 0.05) is 6.54 Å². The van der Waals surface area contributed by atoms with Gasteiger partial charge in [0.05, 0.1) is 12.2 Å². The molecule has 1 aliphatic rings. The molecule has 0 aromatic heterocycles. The number of carbonyl (C=O) groups excluding carboxylic acids is 1. The standard InChI is InChI=1S/C16H15FN2O2/c17-13-6-11(8-18)5-12(7-13)9-19-14-3-1-2-4-15(14)21-10-16(19)20/h1-7H,8-10,18H2. The molecule has 1 amide bonds. The quantitative estimate of drug-likeness (QED) is 0.941. The fraction of sp³-hybridized carbons (Fsp3) is 0.188. The molecule has 2 aromatic rings. The summed E-state index contributed by atoms with van der Waals surface area (Å²) in [5, 5.41) is 0. The number of para-hydroxylation sites is 2. The molecule has 2 N–H and O–H groups in total. The number of rotatable bonds is 3. The number of nitrogens with zero attached hydrogens (tertiary/aromatic N) is 1. The maximum atomic E-state index is 13.6. The molecule has 1 aliphatic heterocycles. The van der Waals surface area contributed by atoms with Gasteiger partial charge in [-0.05, 0) is 35.4 Å². The Morgan fingerprint density at radius 3 is 2.76 bits per heavy atom. The van der Waals surface area contributed by atoms with E-state index in [9.17, 15) is 9.18 Å². The van der Waals surface area contributed by atoms with Crippen molar-refractivity contribution >= 4 is 11.6 Å². The first-order chi connectivity index (χ1) is 10.2. The fourth-order valence-electron chi connectivity index (χ4n) is 2.44. The normalized spacial score (nSPS) is 13.8. The number of halogens is 1. The number of ether oxygens (including phenoxy) is 1. The third-order valence-electron chi connectivity index (χ3n) is 3.40. The van der Waals surface area contributed by atoms with Crippen molar-refractivity contribution in [2.75, 3.05) is 11.5 Å². The van der Waals surface area contributed by atoms with Gasteiger partial charge < -0.3 is 15.4 Å². The number of benzene rings is 2. The zero-order chi connectivity index (χ0) is 14.8. The number of fused-ring (bicyclic) bond motifs is 1. The molecular formula is C16H15FN2O2. The van der Waals surface area contributed by atoms with Gasteiger partial charge in [-0.2, -0.15) is 0 Å². The molecule has 0 saturated carbocycles. The Bertz CT molecular complexity index is 688. The van der Waals surface area contributed by atoms with Crippen LogP contribution in [0.3, 0.4) is 0 Å². The second-order valence-corrected chi connectivity index (χ2v) is 4.91. The fourth-order valence-corrected chi connectivity index (χ4v) is 2.44. The molecule has 0 atom stereocenters. The topological polar surface area (TPSA) is 55.6 Å². The molecular weight excluding hydrogens is 271 g/mol. The largest absolute Gasteiger partial charge is 0.482 e. The molecule has 0 radical (unpaired) electrons. The lowest BCUT2D eigenvalue weighted by Crippen LogP contribution is -2.38. The van der Waals surface area contributed by atoms with Crippen LogP contribution in [0.2, 0.25) is 0 Å². The zero-order valence-electron chi connectivity index (χ0n) is 11.4. The van der Waals surface area contributed by atoms with E-state index in [0.29, 0.717) is 29.1 Å². The van der Waals surface area contributed by atoms with Crippen molar-refractivity contribution in [1.82, 2.24) is 0 Å². The smallest absolute Gasteiger partial charge is 0.265 e. The Morgan fingerprint density at radius 2 is 1.95 bits per heavy atom. The molecule has 0 fully saturated rings. The molecule has 0 spiro atoms.